The van der Waals surface area contributed by atoms with Gasteiger partial charge in [-0.3, -0.25) is 0 Å². The standard InChI is InChI=1S/C13H16INOSe/c1-2-6-13(16)15-9-11(14)10-17-12-7-4-3-5-8-12/h3-5,7-8,10H,2,6,9H2,1H3,(H,15,16)/b11-10-. The first-order valence-electron chi connectivity index (χ1n) is 5.55. The Balaban J connectivity index is 2.32. The molecule has 0 aliphatic carbocycles. The number of benzene rings is 1. The van der Waals surface area contributed by atoms with E-state index in [4.69, 9.17) is 0 Å². The Hall–Kier alpha value is -0.321. The van der Waals surface area contributed by atoms with Crippen molar-refractivity contribution in [3.8, 4) is 0 Å². The van der Waals surface area contributed by atoms with Gasteiger partial charge < -0.3 is 0 Å². The molecule has 0 saturated carbocycles. The predicted molar refractivity (Wildman–Crippen MR) is 81.9 cm³/mol. The molecule has 1 aromatic carbocycles. The molecule has 0 heterocycles. The number of hydrogen-bond acceptors (Lipinski definition) is 1. The number of carbonyl (C=O) groups excluding carboxylic acids is 1. The Morgan fingerprint density at radius 2 is 2.12 bits per heavy atom. The molecule has 0 spiro atoms. The van der Waals surface area contributed by atoms with Crippen molar-refractivity contribution in [3.05, 3.63) is 38.9 Å². The van der Waals surface area contributed by atoms with E-state index in [1.165, 1.54) is 8.04 Å². The summed E-state index contributed by atoms with van der Waals surface area (Å²) in [5.74, 6) is 0.141. The predicted octanol–water partition coefficient (Wildman–Crippen LogP) is 2.21. The van der Waals surface area contributed by atoms with E-state index >= 15 is 0 Å². The van der Waals surface area contributed by atoms with E-state index in [1.807, 2.05) is 13.0 Å². The second-order valence-electron chi connectivity index (χ2n) is 3.52. The van der Waals surface area contributed by atoms with E-state index in [0.717, 1.165) is 6.42 Å². The van der Waals surface area contributed by atoms with Crippen LogP contribution in [0.15, 0.2) is 38.9 Å². The second kappa shape index (κ2) is 8.72. The van der Waals surface area contributed by atoms with Crippen molar-refractivity contribution in [2.24, 2.45) is 0 Å². The molecule has 1 amide bonds. The van der Waals surface area contributed by atoms with Crippen LogP contribution in [0.2, 0.25) is 0 Å². The number of nitrogens with one attached hydrogen (secondary N) is 1. The number of carbonyl (C=O) groups is 1. The van der Waals surface area contributed by atoms with Crippen LogP contribution in [0.4, 0.5) is 0 Å². The molecule has 0 unspecified atom stereocenters. The fourth-order valence-electron chi connectivity index (χ4n) is 1.17. The van der Waals surface area contributed by atoms with Crippen molar-refractivity contribution in [3.63, 3.8) is 0 Å². The Morgan fingerprint density at radius 3 is 2.76 bits per heavy atom. The molecule has 2 nitrogen and oxygen atoms in total. The monoisotopic (exact) mass is 409 g/mol. The molecule has 92 valence electrons. The zero-order chi connectivity index (χ0) is 12.5. The second-order valence-corrected chi connectivity index (χ2v) is 6.89. The SMILES string of the molecule is CCCC(=O)NC/C(I)=C/[Se]c1ccccc1. The molecule has 1 rings (SSSR count). The van der Waals surface area contributed by atoms with E-state index in [9.17, 15) is 4.79 Å². The Labute approximate surface area is 123 Å². The first-order valence-corrected chi connectivity index (χ1v) is 8.47. The molecular weight excluding hydrogens is 392 g/mol. The van der Waals surface area contributed by atoms with Crippen LogP contribution in [-0.2, 0) is 4.79 Å². The molecule has 4 heteroatoms. The van der Waals surface area contributed by atoms with Crippen molar-refractivity contribution in [2.45, 2.75) is 19.8 Å². The van der Waals surface area contributed by atoms with Crippen LogP contribution in [0, 0.1) is 0 Å². The molecule has 0 saturated heterocycles. The van der Waals surface area contributed by atoms with Gasteiger partial charge in [0.05, 0.1) is 0 Å². The normalized spacial score (nSPS) is 11.3. The molecule has 0 atom stereocenters. The average molecular weight is 408 g/mol. The minimum absolute atomic E-state index is 0.141. The van der Waals surface area contributed by atoms with Crippen LogP contribution in [0.3, 0.4) is 0 Å². The van der Waals surface area contributed by atoms with Crippen LogP contribution >= 0.6 is 22.6 Å². The third kappa shape index (κ3) is 6.86. The fraction of sp³-hybridized carbons (Fsp3) is 0.308. The summed E-state index contributed by atoms with van der Waals surface area (Å²) < 4.78 is 2.56. The van der Waals surface area contributed by atoms with E-state index in [0.29, 0.717) is 27.9 Å². The summed E-state index contributed by atoms with van der Waals surface area (Å²) in [6.45, 7) is 2.67. The van der Waals surface area contributed by atoms with Crippen LogP contribution in [0.1, 0.15) is 19.8 Å². The molecule has 0 aliphatic rings. The number of amides is 1. The molecule has 0 aromatic heterocycles. The summed E-state index contributed by atoms with van der Waals surface area (Å²) >= 11 is 2.65. The average Bonchev–Trinajstić information content (AvgIpc) is 2.35. The maximum absolute atomic E-state index is 11.3. The number of rotatable bonds is 6. The molecule has 0 radical (unpaired) electrons. The first kappa shape index (κ1) is 14.7. The quantitative estimate of drug-likeness (QED) is 0.568. The molecule has 0 fully saturated rings. The van der Waals surface area contributed by atoms with E-state index in [2.05, 4.69) is 57.1 Å². The Bertz CT molecular complexity index is 378. The van der Waals surface area contributed by atoms with Crippen molar-refractivity contribution >= 4 is 47.9 Å². The van der Waals surface area contributed by atoms with Gasteiger partial charge >= 0.3 is 123 Å². The molecule has 17 heavy (non-hydrogen) atoms. The Kier molecular flexibility index (Phi) is 7.56. The van der Waals surface area contributed by atoms with Gasteiger partial charge in [-0.2, -0.15) is 0 Å². The van der Waals surface area contributed by atoms with E-state index in [1.54, 1.807) is 0 Å². The zero-order valence-electron chi connectivity index (χ0n) is 9.78. The van der Waals surface area contributed by atoms with Crippen LogP contribution in [0.25, 0.3) is 0 Å². The summed E-state index contributed by atoms with van der Waals surface area (Å²) in [6, 6.07) is 10.4. The molecule has 1 N–H and O–H groups in total. The van der Waals surface area contributed by atoms with Gasteiger partial charge in [-0.1, -0.05) is 0 Å². The van der Waals surface area contributed by atoms with Gasteiger partial charge in [0, 0.05) is 0 Å². The topological polar surface area (TPSA) is 29.1 Å². The minimum atomic E-state index is 0.141. The summed E-state index contributed by atoms with van der Waals surface area (Å²) in [7, 11) is 0. The van der Waals surface area contributed by atoms with Gasteiger partial charge in [0.1, 0.15) is 0 Å². The van der Waals surface area contributed by atoms with Crippen molar-refractivity contribution in [1.29, 1.82) is 0 Å². The van der Waals surface area contributed by atoms with Crippen molar-refractivity contribution in [1.82, 2.24) is 5.32 Å². The van der Waals surface area contributed by atoms with Crippen LogP contribution < -0.4 is 9.78 Å². The zero-order valence-corrected chi connectivity index (χ0v) is 13.7. The van der Waals surface area contributed by atoms with Gasteiger partial charge in [0.25, 0.3) is 0 Å². The van der Waals surface area contributed by atoms with E-state index in [-0.39, 0.29) is 5.91 Å². The first-order chi connectivity index (χ1) is 8.22. The molecular formula is C13H16INOSe. The number of hydrogen-bond donors (Lipinski definition) is 1. The molecule has 1 aromatic rings. The fourth-order valence-corrected chi connectivity index (χ4v) is 3.41. The van der Waals surface area contributed by atoms with Crippen molar-refractivity contribution in [2.75, 3.05) is 6.54 Å². The van der Waals surface area contributed by atoms with Gasteiger partial charge in [-0.05, 0) is 0 Å². The van der Waals surface area contributed by atoms with Gasteiger partial charge in [0.2, 0.25) is 0 Å². The summed E-state index contributed by atoms with van der Waals surface area (Å²) in [5.41, 5.74) is 0. The van der Waals surface area contributed by atoms with Crippen LogP contribution in [0.5, 0.6) is 0 Å². The van der Waals surface area contributed by atoms with Gasteiger partial charge in [-0.15, -0.1) is 0 Å². The maximum atomic E-state index is 11.3. The molecule has 0 aliphatic heterocycles. The van der Waals surface area contributed by atoms with Crippen LogP contribution in [-0.4, -0.2) is 27.4 Å². The third-order valence-electron chi connectivity index (χ3n) is 2.00. The van der Waals surface area contributed by atoms with Gasteiger partial charge in [-0.25, -0.2) is 0 Å². The Morgan fingerprint density at radius 1 is 1.41 bits per heavy atom. The molecule has 0 bridgehead atoms. The van der Waals surface area contributed by atoms with E-state index < -0.39 is 0 Å². The third-order valence-corrected chi connectivity index (χ3v) is 5.63. The van der Waals surface area contributed by atoms with Gasteiger partial charge in [0.15, 0.2) is 0 Å². The number of halogens is 1. The summed E-state index contributed by atoms with van der Waals surface area (Å²) in [6.07, 6.45) is 1.52. The summed E-state index contributed by atoms with van der Waals surface area (Å²) in [4.78, 5) is 13.5. The summed E-state index contributed by atoms with van der Waals surface area (Å²) in [5, 5.41) is 2.91. The van der Waals surface area contributed by atoms with Crippen molar-refractivity contribution < 1.29 is 4.79 Å².